The van der Waals surface area contributed by atoms with Gasteiger partial charge in [0.25, 0.3) is 0 Å². The molecule has 0 aliphatic rings. The maximum absolute atomic E-state index is 12.0. The number of carbonyl (C=O) groups excluding carboxylic acids is 6. The summed E-state index contributed by atoms with van der Waals surface area (Å²) in [5.74, 6) is -0.241. The van der Waals surface area contributed by atoms with Gasteiger partial charge in [-0.25, -0.2) is 0 Å². The molecule has 0 rings (SSSR count). The molecule has 0 aromatic carbocycles. The van der Waals surface area contributed by atoms with Crippen LogP contribution in [0.2, 0.25) is 0 Å². The van der Waals surface area contributed by atoms with Crippen LogP contribution in [0.1, 0.15) is 97.3 Å². The van der Waals surface area contributed by atoms with Crippen molar-refractivity contribution in [1.29, 1.82) is 0 Å². The standard InChI is InChI=1S/C40H73N3O14/c1-3-36(45)13-10-8-6-4-5-7-9-11-15-38(47)41-16-20-51-25-29-56-33-40(49)43-18-22-53-26-30-57-34-39(48)42-17-21-52-24-28-55-32-37(46)14-12-19-50-23-27-54-31-35(2)44/h3-34H2,1-2H3,(H,41,47)(H,42,48)(H,43,49). The van der Waals surface area contributed by atoms with Crippen LogP contribution in [-0.4, -0.2) is 160 Å². The van der Waals surface area contributed by atoms with E-state index in [0.29, 0.717) is 104 Å². The van der Waals surface area contributed by atoms with Crippen LogP contribution in [0, 0.1) is 0 Å². The third kappa shape index (κ3) is 44.1. The average molecular weight is 820 g/mol. The molecule has 57 heavy (non-hydrogen) atoms. The summed E-state index contributed by atoms with van der Waals surface area (Å²) in [7, 11) is 0. The van der Waals surface area contributed by atoms with Gasteiger partial charge in [-0.05, 0) is 26.2 Å². The van der Waals surface area contributed by atoms with Gasteiger partial charge in [0.15, 0.2) is 11.6 Å². The van der Waals surface area contributed by atoms with Gasteiger partial charge < -0.3 is 53.8 Å². The fraction of sp³-hybridized carbons (Fsp3) is 0.850. The lowest BCUT2D eigenvalue weighted by molar-refractivity contribution is -0.127. The first-order valence-electron chi connectivity index (χ1n) is 20.7. The number of rotatable bonds is 45. The Morgan fingerprint density at radius 2 is 0.719 bits per heavy atom. The summed E-state index contributed by atoms with van der Waals surface area (Å²) in [6, 6.07) is 0. The Morgan fingerprint density at radius 3 is 1.19 bits per heavy atom. The van der Waals surface area contributed by atoms with Crippen LogP contribution in [0.15, 0.2) is 0 Å². The quantitative estimate of drug-likeness (QED) is 0.0753. The highest BCUT2D eigenvalue weighted by atomic mass is 16.5. The number of nitrogens with one attached hydrogen (secondary N) is 3. The van der Waals surface area contributed by atoms with Gasteiger partial charge in [0, 0.05) is 51.9 Å². The van der Waals surface area contributed by atoms with Gasteiger partial charge in [-0.3, -0.25) is 28.8 Å². The number of unbranched alkanes of at least 4 members (excludes halogenated alkanes) is 7. The predicted molar refractivity (Wildman–Crippen MR) is 212 cm³/mol. The lowest BCUT2D eigenvalue weighted by Gasteiger charge is -2.09. The highest BCUT2D eigenvalue weighted by Gasteiger charge is 2.06. The largest absolute Gasteiger partial charge is 0.379 e. The van der Waals surface area contributed by atoms with Crippen molar-refractivity contribution in [2.24, 2.45) is 0 Å². The Morgan fingerprint density at radius 1 is 0.351 bits per heavy atom. The molecule has 17 heteroatoms. The van der Waals surface area contributed by atoms with Crippen LogP contribution in [-0.2, 0) is 66.7 Å². The van der Waals surface area contributed by atoms with Crippen molar-refractivity contribution in [1.82, 2.24) is 16.0 Å². The molecule has 0 aromatic heterocycles. The van der Waals surface area contributed by atoms with Crippen LogP contribution in [0.4, 0.5) is 0 Å². The van der Waals surface area contributed by atoms with Gasteiger partial charge in [-0.15, -0.1) is 0 Å². The molecule has 0 atom stereocenters. The smallest absolute Gasteiger partial charge is 0.246 e. The maximum Gasteiger partial charge on any atom is 0.246 e. The van der Waals surface area contributed by atoms with Gasteiger partial charge >= 0.3 is 0 Å². The first-order chi connectivity index (χ1) is 27.7. The first kappa shape index (κ1) is 54.1. The molecule has 17 nitrogen and oxygen atoms in total. The molecule has 0 aliphatic carbocycles. The van der Waals surface area contributed by atoms with Gasteiger partial charge in [0.05, 0.1) is 72.7 Å². The van der Waals surface area contributed by atoms with Crippen LogP contribution in [0.25, 0.3) is 0 Å². The fourth-order valence-electron chi connectivity index (χ4n) is 4.88. The van der Waals surface area contributed by atoms with Gasteiger partial charge in [-0.2, -0.15) is 0 Å². The lowest BCUT2D eigenvalue weighted by atomic mass is 10.0. The minimum atomic E-state index is -0.286. The molecule has 0 spiro atoms. The third-order valence-corrected chi connectivity index (χ3v) is 7.98. The van der Waals surface area contributed by atoms with Gasteiger partial charge in [0.2, 0.25) is 17.7 Å². The first-order valence-corrected chi connectivity index (χ1v) is 20.7. The van der Waals surface area contributed by atoms with E-state index in [1.807, 2.05) is 6.92 Å². The number of ketones is 3. The summed E-state index contributed by atoms with van der Waals surface area (Å²) < 4.78 is 42.5. The van der Waals surface area contributed by atoms with Crippen molar-refractivity contribution < 1.29 is 66.7 Å². The Balaban J connectivity index is 3.37. The Hall–Kier alpha value is -2.90. The molecule has 332 valence electrons. The normalized spacial score (nSPS) is 11.1. The van der Waals surface area contributed by atoms with Crippen molar-refractivity contribution in [2.45, 2.75) is 97.3 Å². The molecule has 0 saturated heterocycles. The highest BCUT2D eigenvalue weighted by molar-refractivity contribution is 5.79. The zero-order valence-electron chi connectivity index (χ0n) is 34.8. The number of hydrogen-bond acceptors (Lipinski definition) is 14. The van der Waals surface area contributed by atoms with E-state index in [1.165, 1.54) is 26.2 Å². The summed E-state index contributed by atoms with van der Waals surface area (Å²) in [6.45, 7) is 7.99. The molecule has 0 saturated carbocycles. The van der Waals surface area contributed by atoms with Crippen molar-refractivity contribution in [3.8, 4) is 0 Å². The molecular weight excluding hydrogens is 746 g/mol. The Bertz CT molecular complexity index is 1030. The van der Waals surface area contributed by atoms with E-state index in [9.17, 15) is 28.8 Å². The lowest BCUT2D eigenvalue weighted by Crippen LogP contribution is -2.32. The van der Waals surface area contributed by atoms with Gasteiger partial charge in [-0.1, -0.05) is 45.4 Å². The number of carbonyl (C=O) groups is 6. The molecule has 0 unspecified atom stereocenters. The van der Waals surface area contributed by atoms with Crippen molar-refractivity contribution in [2.75, 3.05) is 125 Å². The van der Waals surface area contributed by atoms with E-state index in [1.54, 1.807) is 0 Å². The van der Waals surface area contributed by atoms with E-state index >= 15 is 0 Å². The molecular formula is C40H73N3O14. The van der Waals surface area contributed by atoms with Crippen LogP contribution < -0.4 is 16.0 Å². The Labute approximate surface area is 339 Å². The predicted octanol–water partition coefficient (Wildman–Crippen LogP) is 2.29. The highest BCUT2D eigenvalue weighted by Crippen LogP contribution is 2.11. The van der Waals surface area contributed by atoms with E-state index in [-0.39, 0.29) is 88.7 Å². The molecule has 0 fully saturated rings. The second-order valence-electron chi connectivity index (χ2n) is 13.3. The minimum absolute atomic E-state index is 0.00376. The van der Waals surface area contributed by atoms with E-state index in [2.05, 4.69) is 16.0 Å². The van der Waals surface area contributed by atoms with Crippen molar-refractivity contribution >= 4 is 35.1 Å². The summed E-state index contributed by atoms with van der Waals surface area (Å²) in [4.78, 5) is 69.5. The molecule has 0 radical (unpaired) electrons. The van der Waals surface area contributed by atoms with Crippen molar-refractivity contribution in [3.05, 3.63) is 0 Å². The van der Waals surface area contributed by atoms with Crippen LogP contribution >= 0.6 is 0 Å². The second-order valence-corrected chi connectivity index (χ2v) is 13.3. The van der Waals surface area contributed by atoms with E-state index < -0.39 is 0 Å². The van der Waals surface area contributed by atoms with Gasteiger partial charge in [0.1, 0.15) is 32.2 Å². The zero-order chi connectivity index (χ0) is 41.9. The maximum atomic E-state index is 12.0. The summed E-state index contributed by atoms with van der Waals surface area (Å²) in [5, 5.41) is 8.21. The zero-order valence-corrected chi connectivity index (χ0v) is 34.8. The molecule has 0 bridgehead atoms. The Kier molecular flexibility index (Phi) is 40.5. The molecule has 0 aromatic rings. The summed E-state index contributed by atoms with van der Waals surface area (Å²) in [6.07, 6.45) is 11.5. The molecule has 3 amide bonds. The van der Waals surface area contributed by atoms with Crippen LogP contribution in [0.3, 0.4) is 0 Å². The van der Waals surface area contributed by atoms with E-state index in [4.69, 9.17) is 37.9 Å². The molecule has 0 heterocycles. The van der Waals surface area contributed by atoms with Crippen LogP contribution in [0.5, 0.6) is 0 Å². The van der Waals surface area contributed by atoms with E-state index in [0.717, 1.165) is 32.1 Å². The molecule has 0 aliphatic heterocycles. The number of ether oxygens (including phenoxy) is 8. The topological polar surface area (TPSA) is 212 Å². The number of amides is 3. The molecule has 3 N–H and O–H groups in total. The number of Topliss-reactive ketones (excluding diaryl/α,β-unsaturated/α-hetero) is 3. The summed E-state index contributed by atoms with van der Waals surface area (Å²) >= 11 is 0. The SMILES string of the molecule is CCC(=O)CCCCCCCCCCC(=O)NCCOCCOCC(=O)NCCOCCOCC(=O)NCCOCCOCC(=O)CCCOCCOCC(C)=O. The second kappa shape index (κ2) is 42.7. The third-order valence-electron chi connectivity index (χ3n) is 7.98. The summed E-state index contributed by atoms with van der Waals surface area (Å²) in [5.41, 5.74) is 0. The number of hydrogen-bond donors (Lipinski definition) is 3. The monoisotopic (exact) mass is 820 g/mol. The van der Waals surface area contributed by atoms with Crippen molar-refractivity contribution in [3.63, 3.8) is 0 Å². The average Bonchev–Trinajstić information content (AvgIpc) is 3.19. The fourth-order valence-corrected chi connectivity index (χ4v) is 4.88. The minimum Gasteiger partial charge on any atom is -0.379 e.